The molecule has 358 valence electrons. The summed E-state index contributed by atoms with van der Waals surface area (Å²) in [6.45, 7) is 4.82. The summed E-state index contributed by atoms with van der Waals surface area (Å²) in [5, 5.41) is 20.3. The lowest BCUT2D eigenvalue weighted by Crippen LogP contribution is -2.15. The van der Waals surface area contributed by atoms with Crippen molar-refractivity contribution in [3.8, 4) is 45.0 Å². The minimum Gasteiger partial charge on any atom is -0.309 e. The Kier molecular flexibility index (Phi) is 8.59. The lowest BCUT2D eigenvalue weighted by atomic mass is 9.80. The van der Waals surface area contributed by atoms with Crippen molar-refractivity contribution < 1.29 is 0 Å². The summed E-state index contributed by atoms with van der Waals surface area (Å²) in [6, 6.07) is 85.4. The molecule has 0 saturated heterocycles. The van der Waals surface area contributed by atoms with Crippen LogP contribution in [0.2, 0.25) is 0 Å². The van der Waals surface area contributed by atoms with Crippen LogP contribution >= 0.6 is 0 Å². The van der Waals surface area contributed by atoms with E-state index in [0.717, 1.165) is 50.1 Å². The van der Waals surface area contributed by atoms with Gasteiger partial charge in [0.1, 0.15) is 0 Å². The highest BCUT2D eigenvalue weighted by Gasteiger charge is 2.37. The lowest BCUT2D eigenvalue weighted by molar-refractivity contribution is 0.662. The zero-order valence-electron chi connectivity index (χ0n) is 42.4. The molecule has 1 aliphatic carbocycles. The van der Waals surface area contributed by atoms with Gasteiger partial charge in [0, 0.05) is 61.9 Å². The van der Waals surface area contributed by atoms with E-state index in [9.17, 15) is 0 Å². The fourth-order valence-corrected chi connectivity index (χ4v) is 13.8. The molecule has 0 amide bonds. The molecule has 0 spiro atoms. The minimum absolute atomic E-state index is 0.204. The predicted molar refractivity (Wildman–Crippen MR) is 324 cm³/mol. The summed E-state index contributed by atoms with van der Waals surface area (Å²) in [6.07, 6.45) is 4.01. The van der Waals surface area contributed by atoms with Crippen LogP contribution in [0.5, 0.6) is 0 Å². The summed E-state index contributed by atoms with van der Waals surface area (Å²) in [5.41, 5.74) is 14.9. The van der Waals surface area contributed by atoms with Crippen molar-refractivity contribution in [1.82, 2.24) is 19.1 Å². The van der Waals surface area contributed by atoms with Crippen molar-refractivity contribution in [2.45, 2.75) is 19.3 Å². The van der Waals surface area contributed by atoms with Crippen molar-refractivity contribution in [3.05, 3.63) is 254 Å². The molecule has 4 nitrogen and oxygen atoms in total. The van der Waals surface area contributed by atoms with Gasteiger partial charge in [0.2, 0.25) is 0 Å². The minimum atomic E-state index is -0.204. The Bertz CT molecular complexity index is 5010. The molecule has 16 aromatic rings. The second-order valence-electron chi connectivity index (χ2n) is 21.7. The van der Waals surface area contributed by atoms with Crippen LogP contribution in [0.3, 0.4) is 0 Å². The molecule has 0 fully saturated rings. The highest BCUT2D eigenvalue weighted by Crippen LogP contribution is 2.54. The van der Waals surface area contributed by atoms with Crippen LogP contribution in [0, 0.1) is 0 Å². The zero-order valence-corrected chi connectivity index (χ0v) is 42.4. The van der Waals surface area contributed by atoms with E-state index in [2.05, 4.69) is 254 Å². The molecule has 3 aromatic heterocycles. The summed E-state index contributed by atoms with van der Waals surface area (Å²) in [4.78, 5) is 10.4. The smallest absolute Gasteiger partial charge is 0.159 e. The van der Waals surface area contributed by atoms with E-state index in [-0.39, 0.29) is 5.41 Å². The van der Waals surface area contributed by atoms with Crippen LogP contribution in [0.1, 0.15) is 25.0 Å². The first-order chi connectivity index (χ1) is 37.9. The standard InChI is InChI=1S/C73H46N4/c1-73(2)66-39-62-51-20-6-4-18-49(51)48-17-3-5-19-50(48)60(62)37-64(66)65-38-61-53-22-8-7-21-52(53)59-35-43(31-32-54(59)63(61)40-67(65)73)45-41-74-72(75-42-45)44-33-46(76-68-27-13-9-23-55(68)56-24-10-14-28-69(56)76)36-47(34-44)77-70-29-15-11-25-57(70)58-26-12-16-30-71(58)77/h3-42H,1-2H3. The van der Waals surface area contributed by atoms with Gasteiger partial charge in [-0.1, -0.05) is 172 Å². The largest absolute Gasteiger partial charge is 0.309 e. The maximum absolute atomic E-state index is 5.21. The number of hydrogen-bond acceptors (Lipinski definition) is 2. The Morgan fingerprint density at radius 3 is 1.00 bits per heavy atom. The first kappa shape index (κ1) is 42.5. The van der Waals surface area contributed by atoms with E-state index >= 15 is 0 Å². The van der Waals surface area contributed by atoms with Gasteiger partial charge in [0.05, 0.1) is 22.1 Å². The molecule has 0 aliphatic heterocycles. The molecule has 0 saturated carbocycles. The van der Waals surface area contributed by atoms with Gasteiger partial charge in [-0.3, -0.25) is 0 Å². The van der Waals surface area contributed by atoms with E-state index in [0.29, 0.717) is 5.82 Å². The molecule has 0 radical (unpaired) electrons. The fourth-order valence-electron chi connectivity index (χ4n) is 13.8. The van der Waals surface area contributed by atoms with E-state index in [4.69, 9.17) is 9.97 Å². The second-order valence-corrected chi connectivity index (χ2v) is 21.7. The third-order valence-electron chi connectivity index (χ3n) is 17.3. The van der Waals surface area contributed by atoms with Gasteiger partial charge in [0.25, 0.3) is 0 Å². The number of aromatic nitrogens is 4. The van der Waals surface area contributed by atoms with Crippen molar-refractivity contribution in [2.75, 3.05) is 0 Å². The van der Waals surface area contributed by atoms with Gasteiger partial charge in [-0.05, 0) is 165 Å². The summed E-state index contributed by atoms with van der Waals surface area (Å²) in [5.74, 6) is 0.669. The van der Waals surface area contributed by atoms with E-state index in [1.165, 1.54) is 108 Å². The predicted octanol–water partition coefficient (Wildman–Crippen LogP) is 19.2. The molecule has 0 bridgehead atoms. The molecule has 4 heteroatoms. The monoisotopic (exact) mass is 978 g/mol. The van der Waals surface area contributed by atoms with Gasteiger partial charge < -0.3 is 9.13 Å². The van der Waals surface area contributed by atoms with Crippen LogP contribution in [-0.2, 0) is 5.41 Å². The topological polar surface area (TPSA) is 35.6 Å². The van der Waals surface area contributed by atoms with Gasteiger partial charge in [-0.15, -0.1) is 0 Å². The van der Waals surface area contributed by atoms with Gasteiger partial charge >= 0.3 is 0 Å². The first-order valence-corrected chi connectivity index (χ1v) is 26.7. The molecular weight excluding hydrogens is 933 g/mol. The second kappa shape index (κ2) is 15.6. The van der Waals surface area contributed by atoms with Gasteiger partial charge in [-0.2, -0.15) is 0 Å². The van der Waals surface area contributed by atoms with Crippen LogP contribution in [-0.4, -0.2) is 19.1 Å². The van der Waals surface area contributed by atoms with Crippen molar-refractivity contribution >= 4 is 108 Å². The van der Waals surface area contributed by atoms with Crippen LogP contribution in [0.4, 0.5) is 0 Å². The van der Waals surface area contributed by atoms with Gasteiger partial charge in [-0.25, -0.2) is 9.97 Å². The van der Waals surface area contributed by atoms with Gasteiger partial charge in [0.15, 0.2) is 5.82 Å². The number of para-hydroxylation sites is 4. The molecule has 0 atom stereocenters. The van der Waals surface area contributed by atoms with Crippen LogP contribution in [0.25, 0.3) is 153 Å². The quantitative estimate of drug-likeness (QED) is 0.165. The fraction of sp³-hybridized carbons (Fsp3) is 0.0411. The highest BCUT2D eigenvalue weighted by atomic mass is 15.0. The maximum atomic E-state index is 5.21. The van der Waals surface area contributed by atoms with E-state index in [1.54, 1.807) is 0 Å². The maximum Gasteiger partial charge on any atom is 0.159 e. The lowest BCUT2D eigenvalue weighted by Gasteiger charge is -2.23. The zero-order chi connectivity index (χ0) is 50.7. The average molecular weight is 979 g/mol. The normalized spacial score (nSPS) is 13.2. The molecule has 17 rings (SSSR count). The average Bonchev–Trinajstić information content (AvgIpc) is 4.17. The molecule has 13 aromatic carbocycles. The Morgan fingerprint density at radius 1 is 0.273 bits per heavy atom. The van der Waals surface area contributed by atoms with Crippen molar-refractivity contribution in [3.63, 3.8) is 0 Å². The number of rotatable bonds is 4. The van der Waals surface area contributed by atoms with E-state index < -0.39 is 0 Å². The third-order valence-corrected chi connectivity index (χ3v) is 17.3. The Labute approximate surface area is 443 Å². The molecule has 0 unspecified atom stereocenters. The Balaban J connectivity index is 0.817. The molecule has 77 heavy (non-hydrogen) atoms. The summed E-state index contributed by atoms with van der Waals surface area (Å²) >= 11 is 0. The van der Waals surface area contributed by atoms with Crippen LogP contribution < -0.4 is 0 Å². The van der Waals surface area contributed by atoms with Crippen molar-refractivity contribution in [2.24, 2.45) is 0 Å². The Hall–Kier alpha value is -9.90. The molecule has 0 N–H and O–H groups in total. The summed E-state index contributed by atoms with van der Waals surface area (Å²) < 4.78 is 4.78. The van der Waals surface area contributed by atoms with Crippen molar-refractivity contribution in [1.29, 1.82) is 0 Å². The molecular formula is C73H46N4. The Morgan fingerprint density at radius 2 is 0.597 bits per heavy atom. The highest BCUT2D eigenvalue weighted by molar-refractivity contribution is 6.28. The number of benzene rings is 13. The molecule has 1 aliphatic rings. The number of hydrogen-bond donors (Lipinski definition) is 0. The number of nitrogens with zero attached hydrogens (tertiary/aromatic N) is 4. The number of fused-ring (bicyclic) bond motifs is 21. The first-order valence-electron chi connectivity index (χ1n) is 26.7. The molecule has 3 heterocycles. The third kappa shape index (κ3) is 5.92. The van der Waals surface area contributed by atoms with Crippen LogP contribution in [0.15, 0.2) is 243 Å². The summed E-state index contributed by atoms with van der Waals surface area (Å²) in [7, 11) is 0. The SMILES string of the molecule is CC1(C)c2cc3c4ccccc4c4ccccc4c3cc2-c2cc3c4ccccc4c4cc(-c5cnc(-c6cc(-n7c8ccccc8c8ccccc87)cc(-n7c8ccccc8c8ccccc87)c6)nc5)ccc4c3cc21. The van der Waals surface area contributed by atoms with E-state index in [1.807, 2.05) is 12.4 Å².